The van der Waals surface area contributed by atoms with Crippen molar-refractivity contribution in [1.82, 2.24) is 15.5 Å². The number of aliphatic carboxylic acids is 1. The van der Waals surface area contributed by atoms with Crippen molar-refractivity contribution in [3.8, 4) is 0 Å². The molecule has 0 spiro atoms. The predicted molar refractivity (Wildman–Crippen MR) is 128 cm³/mol. The summed E-state index contributed by atoms with van der Waals surface area (Å²) in [5.74, 6) is -1.22. The quantitative estimate of drug-likeness (QED) is 0.446. The fourth-order valence-corrected chi connectivity index (χ4v) is 5.07. The second-order valence-corrected chi connectivity index (χ2v) is 9.95. The molecule has 0 unspecified atom stereocenters. The van der Waals surface area contributed by atoms with Crippen LogP contribution in [-0.4, -0.2) is 60.0 Å². The molecule has 1 aromatic carbocycles. The van der Waals surface area contributed by atoms with Crippen LogP contribution >= 0.6 is 0 Å². The zero-order valence-electron chi connectivity index (χ0n) is 20.5. The van der Waals surface area contributed by atoms with Crippen molar-refractivity contribution in [3.05, 3.63) is 35.4 Å². The van der Waals surface area contributed by atoms with Crippen LogP contribution < -0.4 is 10.6 Å². The first-order valence-corrected chi connectivity index (χ1v) is 12.8. The van der Waals surface area contributed by atoms with Gasteiger partial charge in [0.2, 0.25) is 11.8 Å². The molecule has 0 bridgehead atoms. The summed E-state index contributed by atoms with van der Waals surface area (Å²) >= 11 is 0. The van der Waals surface area contributed by atoms with Gasteiger partial charge in [-0.3, -0.25) is 14.4 Å². The molecule has 0 radical (unpaired) electrons. The van der Waals surface area contributed by atoms with Crippen LogP contribution in [0.4, 0.5) is 13.2 Å². The lowest BCUT2D eigenvalue weighted by atomic mass is 9.92. The zero-order valence-corrected chi connectivity index (χ0v) is 20.5. The van der Waals surface area contributed by atoms with Crippen molar-refractivity contribution in [2.24, 2.45) is 11.8 Å². The fraction of sp³-hybridized carbons (Fsp3) is 0.654. The Morgan fingerprint density at radius 2 is 1.92 bits per heavy atom. The van der Waals surface area contributed by atoms with E-state index in [0.29, 0.717) is 43.8 Å². The number of piperidine rings is 2. The first-order chi connectivity index (χ1) is 17.1. The molecule has 0 saturated carbocycles. The normalized spacial score (nSPS) is 20.1. The van der Waals surface area contributed by atoms with Crippen LogP contribution in [0.5, 0.6) is 0 Å². The molecule has 2 heterocycles. The summed E-state index contributed by atoms with van der Waals surface area (Å²) in [4.78, 5) is 38.8. The molecule has 2 amide bonds. The van der Waals surface area contributed by atoms with Crippen LogP contribution in [0.25, 0.3) is 0 Å². The van der Waals surface area contributed by atoms with Crippen molar-refractivity contribution < 1.29 is 32.7 Å². The number of carbonyl (C=O) groups is 3. The largest absolute Gasteiger partial charge is 0.481 e. The predicted octanol–water partition coefficient (Wildman–Crippen LogP) is 3.62. The Hall–Kier alpha value is -2.62. The van der Waals surface area contributed by atoms with Gasteiger partial charge in [-0.15, -0.1) is 0 Å². The number of nitrogens with one attached hydrogen (secondary N) is 2. The number of hydrogen-bond donors (Lipinski definition) is 3. The smallest absolute Gasteiger partial charge is 0.416 e. The third-order valence-corrected chi connectivity index (χ3v) is 7.17. The molecule has 36 heavy (non-hydrogen) atoms. The molecule has 3 N–H and O–H groups in total. The first-order valence-electron chi connectivity index (χ1n) is 12.8. The van der Waals surface area contributed by atoms with Crippen LogP contribution in [0, 0.1) is 11.8 Å². The minimum Gasteiger partial charge on any atom is -0.481 e. The van der Waals surface area contributed by atoms with Crippen LogP contribution in [0.2, 0.25) is 0 Å². The summed E-state index contributed by atoms with van der Waals surface area (Å²) in [6.45, 7) is 2.89. The first kappa shape index (κ1) is 28.0. The number of carbonyl (C=O) groups excluding carboxylic acids is 2. The zero-order chi connectivity index (χ0) is 26.1. The van der Waals surface area contributed by atoms with E-state index in [9.17, 15) is 32.7 Å². The van der Waals surface area contributed by atoms with Gasteiger partial charge in [0.1, 0.15) is 0 Å². The number of amides is 2. The third-order valence-electron chi connectivity index (χ3n) is 7.17. The molecule has 2 aliphatic heterocycles. The lowest BCUT2D eigenvalue weighted by Crippen LogP contribution is -2.48. The van der Waals surface area contributed by atoms with Crippen LogP contribution in [0.1, 0.15) is 62.5 Å². The maximum Gasteiger partial charge on any atom is 0.416 e. The third kappa shape index (κ3) is 8.80. The summed E-state index contributed by atoms with van der Waals surface area (Å²) in [7, 11) is 0. The molecule has 2 saturated heterocycles. The Balaban J connectivity index is 1.52. The maximum absolute atomic E-state index is 13.0. The van der Waals surface area contributed by atoms with Gasteiger partial charge in [0.25, 0.3) is 0 Å². The van der Waals surface area contributed by atoms with E-state index in [-0.39, 0.29) is 31.1 Å². The van der Waals surface area contributed by atoms with Gasteiger partial charge in [0.05, 0.1) is 17.9 Å². The molecular weight excluding hydrogens is 475 g/mol. The van der Waals surface area contributed by atoms with Crippen molar-refractivity contribution >= 4 is 17.8 Å². The SMILES string of the molecule is O=C(O)C[C@@H](CCc1cccc(C(F)(F)F)c1)NC(=O)[C@@H]1CCCN(C(=O)CCC2CCNCC2)C1. The van der Waals surface area contributed by atoms with Crippen molar-refractivity contribution in [2.75, 3.05) is 26.2 Å². The second kappa shape index (κ2) is 13.1. The molecule has 3 rings (SSSR count). The lowest BCUT2D eigenvalue weighted by molar-refractivity contribution is -0.139. The summed E-state index contributed by atoms with van der Waals surface area (Å²) in [6.07, 6.45) is 0.398. The van der Waals surface area contributed by atoms with E-state index >= 15 is 0 Å². The highest BCUT2D eigenvalue weighted by Crippen LogP contribution is 2.30. The molecule has 10 heteroatoms. The molecule has 7 nitrogen and oxygen atoms in total. The highest BCUT2D eigenvalue weighted by molar-refractivity contribution is 5.82. The summed E-state index contributed by atoms with van der Waals surface area (Å²) in [5.41, 5.74) is -0.330. The van der Waals surface area contributed by atoms with Gasteiger partial charge < -0.3 is 20.6 Å². The number of carboxylic acid groups (broad SMARTS) is 1. The van der Waals surface area contributed by atoms with Crippen molar-refractivity contribution in [3.63, 3.8) is 0 Å². The van der Waals surface area contributed by atoms with Gasteiger partial charge in [0, 0.05) is 25.6 Å². The lowest BCUT2D eigenvalue weighted by Gasteiger charge is -2.33. The summed E-state index contributed by atoms with van der Waals surface area (Å²) < 4.78 is 38.9. The molecule has 2 fully saturated rings. The number of hydrogen-bond acceptors (Lipinski definition) is 4. The average Bonchev–Trinajstić information content (AvgIpc) is 2.86. The van der Waals surface area contributed by atoms with Gasteiger partial charge in [-0.05, 0) is 75.6 Å². The number of likely N-dealkylation sites (tertiary alicyclic amines) is 1. The number of halogens is 3. The highest BCUT2D eigenvalue weighted by atomic mass is 19.4. The summed E-state index contributed by atoms with van der Waals surface area (Å²) in [5, 5.41) is 15.4. The minimum atomic E-state index is -4.46. The molecule has 2 aliphatic rings. The van der Waals surface area contributed by atoms with E-state index < -0.39 is 29.7 Å². The van der Waals surface area contributed by atoms with E-state index in [0.717, 1.165) is 44.5 Å². The molecule has 200 valence electrons. The number of alkyl halides is 3. The van der Waals surface area contributed by atoms with Gasteiger partial charge in [-0.2, -0.15) is 13.2 Å². The minimum absolute atomic E-state index is 0.0534. The topological polar surface area (TPSA) is 98.7 Å². The molecular formula is C26H36F3N3O4. The number of benzene rings is 1. The van der Waals surface area contributed by atoms with Gasteiger partial charge >= 0.3 is 12.1 Å². The molecule has 0 aromatic heterocycles. The maximum atomic E-state index is 13.0. The molecule has 2 atom stereocenters. The highest BCUT2D eigenvalue weighted by Gasteiger charge is 2.31. The van der Waals surface area contributed by atoms with E-state index in [1.807, 2.05) is 0 Å². The van der Waals surface area contributed by atoms with Gasteiger partial charge in [-0.1, -0.05) is 18.2 Å². The standard InChI is InChI=1S/C26H36F3N3O4/c27-26(28,29)21-5-1-3-19(15-21)6-8-22(16-24(34)35)31-25(36)20-4-2-14-32(17-20)23(33)9-7-18-10-12-30-13-11-18/h1,3,5,15,18,20,22,30H,2,4,6-14,16-17H2,(H,31,36)(H,34,35)/t20-,22-/m1/s1. The number of carboxylic acids is 1. The number of rotatable bonds is 10. The Morgan fingerprint density at radius 3 is 2.61 bits per heavy atom. The Labute approximate surface area is 209 Å². The Kier molecular flexibility index (Phi) is 10.2. The number of aryl methyl sites for hydroxylation is 1. The monoisotopic (exact) mass is 511 g/mol. The summed E-state index contributed by atoms with van der Waals surface area (Å²) in [6, 6.07) is 4.21. The van der Waals surface area contributed by atoms with Crippen LogP contribution in [0.15, 0.2) is 24.3 Å². The van der Waals surface area contributed by atoms with Gasteiger partial charge in [-0.25, -0.2) is 0 Å². The van der Waals surface area contributed by atoms with E-state index in [4.69, 9.17) is 0 Å². The average molecular weight is 512 g/mol. The Bertz CT molecular complexity index is 903. The van der Waals surface area contributed by atoms with Crippen LogP contribution in [-0.2, 0) is 27.0 Å². The van der Waals surface area contributed by atoms with E-state index in [2.05, 4.69) is 10.6 Å². The second-order valence-electron chi connectivity index (χ2n) is 9.95. The molecule has 0 aliphatic carbocycles. The van der Waals surface area contributed by atoms with Gasteiger partial charge in [0.15, 0.2) is 0 Å². The number of nitrogens with zero attached hydrogens (tertiary/aromatic N) is 1. The fourth-order valence-electron chi connectivity index (χ4n) is 5.07. The van der Waals surface area contributed by atoms with Crippen molar-refractivity contribution in [1.29, 1.82) is 0 Å². The Morgan fingerprint density at radius 1 is 1.17 bits per heavy atom. The van der Waals surface area contributed by atoms with E-state index in [1.54, 1.807) is 11.0 Å². The van der Waals surface area contributed by atoms with Crippen molar-refractivity contribution in [2.45, 2.75) is 70.0 Å². The molecule has 1 aromatic rings. The van der Waals surface area contributed by atoms with Crippen LogP contribution in [0.3, 0.4) is 0 Å². The van der Waals surface area contributed by atoms with E-state index in [1.165, 1.54) is 6.07 Å².